The lowest BCUT2D eigenvalue weighted by Gasteiger charge is -2.03. The van der Waals surface area contributed by atoms with E-state index in [1.807, 2.05) is 32.2 Å². The van der Waals surface area contributed by atoms with Crippen LogP contribution in [0.4, 0.5) is 5.82 Å². The number of nitrogens with zero attached hydrogens (tertiary/aromatic N) is 2. The van der Waals surface area contributed by atoms with Crippen LogP contribution in [0.2, 0.25) is 0 Å². The maximum Gasteiger partial charge on any atom is 0.171 e. The number of nitrogens with one attached hydrogen (secondary N) is 1. The topological polar surface area (TPSA) is 37.8 Å². The van der Waals surface area contributed by atoms with E-state index in [4.69, 9.17) is 0 Å². The van der Waals surface area contributed by atoms with Crippen molar-refractivity contribution in [2.75, 3.05) is 12.4 Å². The van der Waals surface area contributed by atoms with Crippen LogP contribution in [-0.4, -0.2) is 17.0 Å². The van der Waals surface area contributed by atoms with Crippen molar-refractivity contribution < 1.29 is 0 Å². The number of rotatable bonds is 2. The predicted molar refractivity (Wildman–Crippen MR) is 67.3 cm³/mol. The van der Waals surface area contributed by atoms with Crippen molar-refractivity contribution in [3.8, 4) is 10.7 Å². The molecular formula is C10H10BrN3S. The van der Waals surface area contributed by atoms with Crippen molar-refractivity contribution in [2.45, 2.75) is 6.92 Å². The molecule has 0 bridgehead atoms. The SMILES string of the molecule is CNc1cc(C)nc(-c2ccc(Br)s2)n1. The van der Waals surface area contributed by atoms with Gasteiger partial charge < -0.3 is 5.32 Å². The van der Waals surface area contributed by atoms with Crippen LogP contribution in [0.25, 0.3) is 10.7 Å². The Bertz CT molecular complexity index is 481. The van der Waals surface area contributed by atoms with Crippen molar-refractivity contribution >= 4 is 33.1 Å². The van der Waals surface area contributed by atoms with Crippen molar-refractivity contribution in [1.82, 2.24) is 9.97 Å². The highest BCUT2D eigenvalue weighted by Gasteiger charge is 2.06. The quantitative estimate of drug-likeness (QED) is 0.919. The minimum Gasteiger partial charge on any atom is -0.373 e. The van der Waals surface area contributed by atoms with Crippen LogP contribution in [0.5, 0.6) is 0 Å². The van der Waals surface area contributed by atoms with E-state index in [9.17, 15) is 0 Å². The van der Waals surface area contributed by atoms with Gasteiger partial charge in [-0.05, 0) is 35.0 Å². The third-order valence-corrected chi connectivity index (χ3v) is 3.52. The minimum absolute atomic E-state index is 0.773. The van der Waals surface area contributed by atoms with Crippen LogP contribution in [0, 0.1) is 6.92 Å². The summed E-state index contributed by atoms with van der Waals surface area (Å²) < 4.78 is 1.09. The molecule has 78 valence electrons. The molecule has 2 rings (SSSR count). The molecule has 0 aliphatic rings. The molecule has 5 heteroatoms. The van der Waals surface area contributed by atoms with Gasteiger partial charge in [0.15, 0.2) is 5.82 Å². The van der Waals surface area contributed by atoms with Crippen molar-refractivity contribution in [2.24, 2.45) is 0 Å². The van der Waals surface area contributed by atoms with E-state index >= 15 is 0 Å². The summed E-state index contributed by atoms with van der Waals surface area (Å²) in [4.78, 5) is 9.88. The second-order valence-electron chi connectivity index (χ2n) is 3.07. The monoisotopic (exact) mass is 283 g/mol. The summed E-state index contributed by atoms with van der Waals surface area (Å²) in [5, 5.41) is 3.03. The van der Waals surface area contributed by atoms with Gasteiger partial charge in [-0.1, -0.05) is 0 Å². The first-order chi connectivity index (χ1) is 7.19. The molecule has 0 unspecified atom stereocenters. The highest BCUT2D eigenvalue weighted by Crippen LogP contribution is 2.29. The Balaban J connectivity index is 2.48. The fourth-order valence-electron chi connectivity index (χ4n) is 1.24. The normalized spacial score (nSPS) is 10.3. The van der Waals surface area contributed by atoms with E-state index in [1.54, 1.807) is 11.3 Å². The van der Waals surface area contributed by atoms with Crippen molar-refractivity contribution in [3.63, 3.8) is 0 Å². The van der Waals surface area contributed by atoms with Gasteiger partial charge in [-0.15, -0.1) is 11.3 Å². The third kappa shape index (κ3) is 2.35. The smallest absolute Gasteiger partial charge is 0.171 e. The number of aryl methyl sites for hydroxylation is 1. The Morgan fingerprint density at radius 2 is 2.13 bits per heavy atom. The lowest BCUT2D eigenvalue weighted by atomic mass is 10.4. The van der Waals surface area contributed by atoms with Gasteiger partial charge in [-0.3, -0.25) is 0 Å². The fraction of sp³-hybridized carbons (Fsp3) is 0.200. The molecule has 15 heavy (non-hydrogen) atoms. The fourth-order valence-corrected chi connectivity index (χ4v) is 2.56. The molecule has 0 fully saturated rings. The largest absolute Gasteiger partial charge is 0.373 e. The van der Waals surface area contributed by atoms with Gasteiger partial charge in [0.2, 0.25) is 0 Å². The first-order valence-corrected chi connectivity index (χ1v) is 6.09. The molecule has 2 heterocycles. The van der Waals surface area contributed by atoms with E-state index < -0.39 is 0 Å². The van der Waals surface area contributed by atoms with Gasteiger partial charge in [-0.25, -0.2) is 9.97 Å². The predicted octanol–water partition coefficient (Wildman–Crippen LogP) is 3.32. The highest BCUT2D eigenvalue weighted by molar-refractivity contribution is 9.11. The van der Waals surface area contributed by atoms with E-state index in [0.717, 1.165) is 26.0 Å². The number of thiophene rings is 1. The maximum absolute atomic E-state index is 4.40. The Morgan fingerprint density at radius 3 is 2.73 bits per heavy atom. The molecule has 0 aliphatic carbocycles. The summed E-state index contributed by atoms with van der Waals surface area (Å²) in [5.74, 6) is 1.62. The number of anilines is 1. The molecule has 3 nitrogen and oxygen atoms in total. The van der Waals surface area contributed by atoms with Crippen LogP contribution in [0.3, 0.4) is 0 Å². The zero-order chi connectivity index (χ0) is 10.8. The molecule has 1 N–H and O–H groups in total. The zero-order valence-corrected chi connectivity index (χ0v) is 10.8. The number of halogens is 1. The van der Waals surface area contributed by atoms with Gasteiger partial charge in [0, 0.05) is 18.8 Å². The lowest BCUT2D eigenvalue weighted by Crippen LogP contribution is -1.97. The van der Waals surface area contributed by atoms with Crippen molar-refractivity contribution in [3.05, 3.63) is 27.7 Å². The first-order valence-electron chi connectivity index (χ1n) is 4.48. The lowest BCUT2D eigenvalue weighted by molar-refractivity contribution is 1.11. The average Bonchev–Trinajstić information content (AvgIpc) is 2.64. The number of hydrogen-bond donors (Lipinski definition) is 1. The molecule has 0 spiro atoms. The number of hydrogen-bond acceptors (Lipinski definition) is 4. The Hall–Kier alpha value is -0.940. The standard InChI is InChI=1S/C10H10BrN3S/c1-6-5-9(12-2)14-10(13-6)7-3-4-8(11)15-7/h3-5H,1-2H3,(H,12,13,14). The second kappa shape index (κ2) is 4.28. The molecule has 0 aliphatic heterocycles. The van der Waals surface area contributed by atoms with Gasteiger partial charge in [-0.2, -0.15) is 0 Å². The highest BCUT2D eigenvalue weighted by atomic mass is 79.9. The molecule has 0 saturated carbocycles. The average molecular weight is 284 g/mol. The van der Waals surface area contributed by atoms with Crippen LogP contribution in [-0.2, 0) is 0 Å². The minimum atomic E-state index is 0.773. The summed E-state index contributed by atoms with van der Waals surface area (Å²) in [7, 11) is 1.86. The summed E-state index contributed by atoms with van der Waals surface area (Å²) in [5.41, 5.74) is 0.967. The van der Waals surface area contributed by atoms with E-state index in [0.29, 0.717) is 0 Å². The summed E-state index contributed by atoms with van der Waals surface area (Å²) >= 11 is 5.06. The zero-order valence-electron chi connectivity index (χ0n) is 8.41. The molecular weight excluding hydrogens is 274 g/mol. The molecule has 0 amide bonds. The van der Waals surface area contributed by atoms with Crippen molar-refractivity contribution in [1.29, 1.82) is 0 Å². The van der Waals surface area contributed by atoms with Gasteiger partial charge >= 0.3 is 0 Å². The van der Waals surface area contributed by atoms with Crippen LogP contribution >= 0.6 is 27.3 Å². The van der Waals surface area contributed by atoms with Crippen LogP contribution in [0.15, 0.2) is 22.0 Å². The Morgan fingerprint density at radius 1 is 1.33 bits per heavy atom. The van der Waals surface area contributed by atoms with Crippen LogP contribution < -0.4 is 5.32 Å². The van der Waals surface area contributed by atoms with E-state index in [2.05, 4.69) is 31.2 Å². The van der Waals surface area contributed by atoms with Gasteiger partial charge in [0.25, 0.3) is 0 Å². The first kappa shape index (κ1) is 10.6. The third-order valence-electron chi connectivity index (χ3n) is 1.90. The summed E-state index contributed by atoms with van der Waals surface area (Å²) in [6.45, 7) is 1.97. The summed E-state index contributed by atoms with van der Waals surface area (Å²) in [6.07, 6.45) is 0. The molecule has 0 atom stereocenters. The van der Waals surface area contributed by atoms with E-state index in [1.165, 1.54) is 0 Å². The van der Waals surface area contributed by atoms with Gasteiger partial charge in [0.1, 0.15) is 5.82 Å². The van der Waals surface area contributed by atoms with E-state index in [-0.39, 0.29) is 0 Å². The molecule has 0 saturated heterocycles. The Labute approximate surface area is 101 Å². The van der Waals surface area contributed by atoms with Crippen LogP contribution in [0.1, 0.15) is 5.69 Å². The molecule has 2 aromatic rings. The number of aromatic nitrogens is 2. The van der Waals surface area contributed by atoms with Gasteiger partial charge in [0.05, 0.1) is 8.66 Å². The molecule has 2 aromatic heterocycles. The summed E-state index contributed by atoms with van der Waals surface area (Å²) in [6, 6.07) is 5.94. The molecule has 0 radical (unpaired) electrons. The second-order valence-corrected chi connectivity index (χ2v) is 5.53. The maximum atomic E-state index is 4.40. The Kier molecular flexibility index (Phi) is 3.02. The molecule has 0 aromatic carbocycles.